The molecule has 5 rings (SSSR count). The van der Waals surface area contributed by atoms with Crippen LogP contribution in [0.15, 0.2) is 24.8 Å². The average molecular weight is 421 g/mol. The zero-order valence-electron chi connectivity index (χ0n) is 16.4. The molecule has 2 aliphatic heterocycles. The number of anilines is 1. The van der Waals surface area contributed by atoms with E-state index in [0.717, 1.165) is 67.0 Å². The van der Waals surface area contributed by atoms with Gasteiger partial charge in [-0.15, -0.1) is 0 Å². The molecule has 5 heterocycles. The van der Waals surface area contributed by atoms with Crippen molar-refractivity contribution in [2.75, 3.05) is 38.2 Å². The van der Waals surface area contributed by atoms with Crippen molar-refractivity contribution < 1.29 is 9.13 Å². The van der Waals surface area contributed by atoms with Gasteiger partial charge in [-0.1, -0.05) is 11.6 Å². The second-order valence-electron chi connectivity index (χ2n) is 7.35. The molecule has 3 aromatic heterocycles. The van der Waals surface area contributed by atoms with Crippen LogP contribution in [0.1, 0.15) is 19.8 Å². The molecule has 0 amide bonds. The second-order valence-corrected chi connectivity index (χ2v) is 7.76. The molecule has 2 fully saturated rings. The molecule has 0 aliphatic carbocycles. The van der Waals surface area contributed by atoms with Gasteiger partial charge >= 0.3 is 0 Å². The SMILES string of the molecule is CCNc1c(-c2cn[nH]c2)cnc2[nH]cc(Cl)c12.FC1CCCN(C2COC2)C1. The van der Waals surface area contributed by atoms with E-state index in [1.807, 2.05) is 19.3 Å². The van der Waals surface area contributed by atoms with Gasteiger partial charge in [-0.2, -0.15) is 5.10 Å². The predicted octanol–water partition coefficient (Wildman–Crippen LogP) is 3.86. The number of halogens is 2. The first kappa shape index (κ1) is 20.1. The predicted molar refractivity (Wildman–Crippen MR) is 113 cm³/mol. The highest BCUT2D eigenvalue weighted by Crippen LogP contribution is 2.36. The van der Waals surface area contributed by atoms with Gasteiger partial charge in [0.1, 0.15) is 11.8 Å². The Balaban J connectivity index is 0.000000159. The first-order valence-corrected chi connectivity index (χ1v) is 10.4. The molecule has 0 saturated carbocycles. The highest BCUT2D eigenvalue weighted by atomic mass is 35.5. The van der Waals surface area contributed by atoms with Crippen LogP contribution in [0.25, 0.3) is 22.2 Å². The Kier molecular flexibility index (Phi) is 6.32. The number of hydrogen-bond donors (Lipinski definition) is 3. The number of aromatic amines is 2. The minimum Gasteiger partial charge on any atom is -0.384 e. The lowest BCUT2D eigenvalue weighted by atomic mass is 10.1. The maximum absolute atomic E-state index is 12.9. The van der Waals surface area contributed by atoms with Crippen molar-refractivity contribution in [1.29, 1.82) is 0 Å². The summed E-state index contributed by atoms with van der Waals surface area (Å²) in [6.45, 7) is 6.18. The number of nitrogens with one attached hydrogen (secondary N) is 3. The van der Waals surface area contributed by atoms with E-state index in [2.05, 4.69) is 30.4 Å². The molecule has 7 nitrogen and oxygen atoms in total. The lowest BCUT2D eigenvalue weighted by Gasteiger charge is -2.40. The second kappa shape index (κ2) is 9.11. The van der Waals surface area contributed by atoms with Crippen LogP contribution in [0.2, 0.25) is 5.02 Å². The molecule has 3 aromatic rings. The largest absolute Gasteiger partial charge is 0.384 e. The number of H-pyrrole nitrogens is 2. The van der Waals surface area contributed by atoms with Crippen molar-refractivity contribution in [2.24, 2.45) is 0 Å². The van der Waals surface area contributed by atoms with Crippen LogP contribution in [-0.2, 0) is 4.74 Å². The molecule has 0 radical (unpaired) electrons. The van der Waals surface area contributed by atoms with Crippen molar-refractivity contribution in [3.63, 3.8) is 0 Å². The Morgan fingerprint density at radius 2 is 2.21 bits per heavy atom. The molecular weight excluding hydrogens is 395 g/mol. The Hall–Kier alpha value is -2.16. The summed E-state index contributed by atoms with van der Waals surface area (Å²) in [5.74, 6) is 0. The van der Waals surface area contributed by atoms with Crippen molar-refractivity contribution >= 4 is 28.3 Å². The molecule has 156 valence electrons. The zero-order valence-corrected chi connectivity index (χ0v) is 17.2. The van der Waals surface area contributed by atoms with Crippen LogP contribution in [-0.4, -0.2) is 70.1 Å². The third-order valence-electron chi connectivity index (χ3n) is 5.35. The van der Waals surface area contributed by atoms with Gasteiger partial charge in [0.25, 0.3) is 0 Å². The molecule has 1 atom stereocenters. The van der Waals surface area contributed by atoms with Crippen LogP contribution in [0.5, 0.6) is 0 Å². The number of pyridine rings is 1. The number of alkyl halides is 1. The van der Waals surface area contributed by atoms with E-state index < -0.39 is 6.17 Å². The molecule has 1 unspecified atom stereocenters. The number of hydrogen-bond acceptors (Lipinski definition) is 5. The highest BCUT2D eigenvalue weighted by Gasteiger charge is 2.30. The molecule has 29 heavy (non-hydrogen) atoms. The Bertz CT molecular complexity index is 927. The number of fused-ring (bicyclic) bond motifs is 1. The Morgan fingerprint density at radius 1 is 1.34 bits per heavy atom. The van der Waals surface area contributed by atoms with Crippen LogP contribution < -0.4 is 5.32 Å². The number of ether oxygens (including phenoxy) is 1. The van der Waals surface area contributed by atoms with Crippen molar-refractivity contribution in [3.8, 4) is 11.1 Å². The lowest BCUT2D eigenvalue weighted by molar-refractivity contribution is -0.0780. The van der Waals surface area contributed by atoms with E-state index in [9.17, 15) is 4.39 Å². The molecule has 3 N–H and O–H groups in total. The quantitative estimate of drug-likeness (QED) is 0.597. The van der Waals surface area contributed by atoms with E-state index >= 15 is 0 Å². The molecule has 9 heteroatoms. The number of nitrogens with zero attached hydrogens (tertiary/aromatic N) is 3. The van der Waals surface area contributed by atoms with E-state index in [1.165, 1.54) is 0 Å². The highest BCUT2D eigenvalue weighted by molar-refractivity contribution is 6.36. The number of rotatable bonds is 4. The van der Waals surface area contributed by atoms with Crippen LogP contribution >= 0.6 is 11.6 Å². The standard InChI is InChI=1S/C12H12ClN5.C8H14FNO/c1-2-14-11-8(7-3-17-18-4-7)5-15-12-10(11)9(13)6-16-12;9-7-2-1-3-10(4-7)8-5-11-6-8/h3-6H,2H2,1H3,(H,17,18)(H2,14,15,16);7-8H,1-6H2. The summed E-state index contributed by atoms with van der Waals surface area (Å²) in [5, 5.41) is 11.7. The minimum atomic E-state index is -0.593. The third kappa shape index (κ3) is 4.39. The van der Waals surface area contributed by atoms with Crippen LogP contribution in [0.4, 0.5) is 10.1 Å². The van der Waals surface area contributed by atoms with Gasteiger partial charge in [0.05, 0.1) is 41.5 Å². The van der Waals surface area contributed by atoms with Gasteiger partial charge in [-0.3, -0.25) is 10.00 Å². The monoisotopic (exact) mass is 420 g/mol. The van der Waals surface area contributed by atoms with Gasteiger partial charge in [0, 0.05) is 42.8 Å². The van der Waals surface area contributed by atoms with E-state index in [0.29, 0.717) is 17.6 Å². The summed E-state index contributed by atoms with van der Waals surface area (Å²) >= 11 is 6.21. The summed E-state index contributed by atoms with van der Waals surface area (Å²) in [5.41, 5.74) is 3.73. The van der Waals surface area contributed by atoms with E-state index in [-0.39, 0.29) is 0 Å². The van der Waals surface area contributed by atoms with Crippen molar-refractivity contribution in [2.45, 2.75) is 32.0 Å². The average Bonchev–Trinajstić information content (AvgIpc) is 3.32. The maximum Gasteiger partial charge on any atom is 0.140 e. The maximum atomic E-state index is 12.9. The molecule has 0 spiro atoms. The number of aromatic nitrogens is 4. The van der Waals surface area contributed by atoms with Gasteiger partial charge in [-0.25, -0.2) is 9.37 Å². The number of piperidine rings is 1. The Morgan fingerprint density at radius 3 is 2.86 bits per heavy atom. The number of likely N-dealkylation sites (tertiary alicyclic amines) is 1. The van der Waals surface area contributed by atoms with Crippen LogP contribution in [0.3, 0.4) is 0 Å². The first-order chi connectivity index (χ1) is 14.2. The summed E-state index contributed by atoms with van der Waals surface area (Å²) in [4.78, 5) is 9.65. The fourth-order valence-electron chi connectivity index (χ4n) is 3.75. The van der Waals surface area contributed by atoms with Gasteiger partial charge in [0.15, 0.2) is 0 Å². The van der Waals surface area contributed by atoms with Crippen molar-refractivity contribution in [1.82, 2.24) is 25.1 Å². The molecule has 0 bridgehead atoms. The summed E-state index contributed by atoms with van der Waals surface area (Å²) in [7, 11) is 0. The molecular formula is C20H26ClFN6O. The van der Waals surface area contributed by atoms with Gasteiger partial charge in [0.2, 0.25) is 0 Å². The lowest BCUT2D eigenvalue weighted by Crippen LogP contribution is -2.52. The van der Waals surface area contributed by atoms with Gasteiger partial charge < -0.3 is 15.0 Å². The van der Waals surface area contributed by atoms with E-state index in [1.54, 1.807) is 12.4 Å². The Labute approximate surface area is 174 Å². The molecule has 2 saturated heterocycles. The minimum absolute atomic E-state index is 0.522. The third-order valence-corrected chi connectivity index (χ3v) is 5.65. The van der Waals surface area contributed by atoms with Crippen LogP contribution in [0, 0.1) is 0 Å². The summed E-state index contributed by atoms with van der Waals surface area (Å²) in [6.07, 6.45) is 8.34. The zero-order chi connectivity index (χ0) is 20.2. The molecule has 2 aliphatic rings. The topological polar surface area (TPSA) is 81.9 Å². The summed E-state index contributed by atoms with van der Waals surface area (Å²) < 4.78 is 17.9. The fraction of sp³-hybridized carbons (Fsp3) is 0.500. The van der Waals surface area contributed by atoms with E-state index in [4.69, 9.17) is 16.3 Å². The van der Waals surface area contributed by atoms with Gasteiger partial charge in [-0.05, 0) is 26.3 Å². The molecule has 0 aromatic carbocycles. The fourth-order valence-corrected chi connectivity index (χ4v) is 3.99. The van der Waals surface area contributed by atoms with Crippen molar-refractivity contribution in [3.05, 3.63) is 29.8 Å². The first-order valence-electron chi connectivity index (χ1n) is 10.0. The smallest absolute Gasteiger partial charge is 0.140 e. The summed E-state index contributed by atoms with van der Waals surface area (Å²) in [6, 6.07) is 0.522. The normalized spacial score (nSPS) is 20.2.